The molecular weight excluding hydrogens is 619 g/mol. The van der Waals surface area contributed by atoms with Gasteiger partial charge in [0.1, 0.15) is 18.3 Å². The molecule has 1 unspecified atom stereocenters. The molecule has 13 heteroatoms. The molecule has 1 N–H and O–H groups in total. The molecule has 0 bridgehead atoms. The SMILES string of the molecule is CCCCNC(=O)C(CC)N(Cc1cccc(OC)c1)C(=O)CN(c1cc(C(F)(F)F)ccc1Cl)S(=O)(=O)c1ccccc1. The summed E-state index contributed by atoms with van der Waals surface area (Å²) in [6.07, 6.45) is -3.09. The molecule has 0 aromatic heterocycles. The Kier molecular flexibility index (Phi) is 12.1. The number of alkyl halides is 3. The zero-order valence-electron chi connectivity index (χ0n) is 24.6. The van der Waals surface area contributed by atoms with Crippen molar-refractivity contribution in [2.45, 2.75) is 56.8 Å². The number of ether oxygens (including phenoxy) is 1. The molecule has 0 heterocycles. The molecule has 0 aliphatic rings. The largest absolute Gasteiger partial charge is 0.497 e. The number of unbranched alkanes of at least 4 members (excludes halogenated alkanes) is 1. The van der Waals surface area contributed by atoms with E-state index in [0.29, 0.717) is 34.7 Å². The van der Waals surface area contributed by atoms with Crippen molar-refractivity contribution in [3.63, 3.8) is 0 Å². The average molecular weight is 654 g/mol. The van der Waals surface area contributed by atoms with Crippen LogP contribution in [0.1, 0.15) is 44.2 Å². The molecule has 3 aromatic carbocycles. The first-order valence-electron chi connectivity index (χ1n) is 14.0. The van der Waals surface area contributed by atoms with Crippen LogP contribution in [0.4, 0.5) is 18.9 Å². The van der Waals surface area contributed by atoms with E-state index in [-0.39, 0.29) is 22.9 Å². The van der Waals surface area contributed by atoms with Gasteiger partial charge in [-0.3, -0.25) is 13.9 Å². The Morgan fingerprint density at radius 1 is 1.00 bits per heavy atom. The van der Waals surface area contributed by atoms with E-state index in [1.54, 1.807) is 37.3 Å². The zero-order chi connectivity index (χ0) is 32.5. The van der Waals surface area contributed by atoms with Gasteiger partial charge in [0, 0.05) is 13.1 Å². The van der Waals surface area contributed by atoms with Crippen molar-refractivity contribution in [1.82, 2.24) is 10.2 Å². The Bertz CT molecular complexity index is 1540. The molecule has 0 aliphatic heterocycles. The van der Waals surface area contributed by atoms with Gasteiger partial charge in [0.2, 0.25) is 11.8 Å². The third kappa shape index (κ3) is 8.66. The Morgan fingerprint density at radius 2 is 1.70 bits per heavy atom. The highest BCUT2D eigenvalue weighted by molar-refractivity contribution is 7.92. The molecule has 2 amide bonds. The van der Waals surface area contributed by atoms with Crippen molar-refractivity contribution >= 4 is 39.1 Å². The minimum absolute atomic E-state index is 0.106. The van der Waals surface area contributed by atoms with Crippen molar-refractivity contribution < 1.29 is 35.9 Å². The van der Waals surface area contributed by atoms with Gasteiger partial charge in [0.15, 0.2) is 0 Å². The Hall–Kier alpha value is -3.77. The fourth-order valence-corrected chi connectivity index (χ4v) is 6.22. The monoisotopic (exact) mass is 653 g/mol. The van der Waals surface area contributed by atoms with E-state index in [0.717, 1.165) is 18.6 Å². The van der Waals surface area contributed by atoms with Gasteiger partial charge in [-0.15, -0.1) is 0 Å². The Balaban J connectivity index is 2.14. The van der Waals surface area contributed by atoms with Crippen LogP contribution in [0.25, 0.3) is 0 Å². The number of sulfonamides is 1. The highest BCUT2D eigenvalue weighted by Crippen LogP contribution is 2.37. The lowest BCUT2D eigenvalue weighted by molar-refractivity contribution is -0.140. The van der Waals surface area contributed by atoms with Crippen LogP contribution in [-0.2, 0) is 32.3 Å². The van der Waals surface area contributed by atoms with Gasteiger partial charge in [-0.25, -0.2) is 8.42 Å². The van der Waals surface area contributed by atoms with Gasteiger partial charge in [-0.1, -0.05) is 62.2 Å². The maximum absolute atomic E-state index is 14.1. The summed E-state index contributed by atoms with van der Waals surface area (Å²) in [6, 6.07) is 15.0. The first kappa shape index (κ1) is 34.7. The number of carbonyl (C=O) groups excluding carboxylic acids is 2. The average Bonchev–Trinajstić information content (AvgIpc) is 3.00. The van der Waals surface area contributed by atoms with Crippen LogP contribution in [0.2, 0.25) is 5.02 Å². The zero-order valence-corrected chi connectivity index (χ0v) is 26.2. The number of carbonyl (C=O) groups is 2. The van der Waals surface area contributed by atoms with Crippen LogP contribution < -0.4 is 14.4 Å². The number of methoxy groups -OCH3 is 1. The fourth-order valence-electron chi connectivity index (χ4n) is 4.51. The normalized spacial score (nSPS) is 12.3. The molecule has 238 valence electrons. The smallest absolute Gasteiger partial charge is 0.416 e. The molecule has 8 nitrogen and oxygen atoms in total. The highest BCUT2D eigenvalue weighted by Gasteiger charge is 2.37. The number of hydrogen-bond acceptors (Lipinski definition) is 5. The van der Waals surface area contributed by atoms with Crippen LogP contribution in [0, 0.1) is 0 Å². The number of amides is 2. The second kappa shape index (κ2) is 15.3. The summed E-state index contributed by atoms with van der Waals surface area (Å²) in [5.41, 5.74) is -1.08. The van der Waals surface area contributed by atoms with Crippen molar-refractivity contribution in [2.75, 3.05) is 24.5 Å². The molecule has 1 atom stereocenters. The summed E-state index contributed by atoms with van der Waals surface area (Å²) in [6.45, 7) is 3.01. The number of nitrogens with one attached hydrogen (secondary N) is 1. The van der Waals surface area contributed by atoms with Crippen LogP contribution in [-0.4, -0.2) is 51.4 Å². The number of rotatable bonds is 14. The van der Waals surface area contributed by atoms with E-state index in [4.69, 9.17) is 16.3 Å². The quantitative estimate of drug-likeness (QED) is 0.207. The van der Waals surface area contributed by atoms with Crippen LogP contribution >= 0.6 is 11.6 Å². The number of halogens is 4. The lowest BCUT2D eigenvalue weighted by Gasteiger charge is -2.33. The van der Waals surface area contributed by atoms with Crippen molar-refractivity contribution in [3.05, 3.63) is 88.9 Å². The second-order valence-corrected chi connectivity index (χ2v) is 12.2. The lowest BCUT2D eigenvalue weighted by atomic mass is 10.1. The predicted molar refractivity (Wildman–Crippen MR) is 163 cm³/mol. The van der Waals surface area contributed by atoms with Gasteiger partial charge in [-0.2, -0.15) is 13.2 Å². The third-order valence-corrected chi connectivity index (χ3v) is 8.95. The summed E-state index contributed by atoms with van der Waals surface area (Å²) in [7, 11) is -3.13. The van der Waals surface area contributed by atoms with Gasteiger partial charge in [-0.05, 0) is 60.9 Å². The molecule has 0 saturated carbocycles. The van der Waals surface area contributed by atoms with E-state index < -0.39 is 51.9 Å². The van der Waals surface area contributed by atoms with E-state index in [1.807, 2.05) is 6.92 Å². The van der Waals surface area contributed by atoms with Crippen LogP contribution in [0.3, 0.4) is 0 Å². The van der Waals surface area contributed by atoms with Crippen molar-refractivity contribution in [2.24, 2.45) is 0 Å². The number of hydrogen-bond donors (Lipinski definition) is 1. The molecule has 0 radical (unpaired) electrons. The predicted octanol–water partition coefficient (Wildman–Crippen LogP) is 6.29. The first-order chi connectivity index (χ1) is 20.8. The molecule has 3 aromatic rings. The molecular formula is C31H35ClF3N3O5S. The number of benzene rings is 3. The first-order valence-corrected chi connectivity index (χ1v) is 15.8. The topological polar surface area (TPSA) is 96.0 Å². The third-order valence-electron chi connectivity index (χ3n) is 6.85. The highest BCUT2D eigenvalue weighted by atomic mass is 35.5. The molecule has 0 spiro atoms. The van der Waals surface area contributed by atoms with Crippen molar-refractivity contribution in [3.8, 4) is 5.75 Å². The summed E-state index contributed by atoms with van der Waals surface area (Å²) < 4.78 is 74.8. The standard InChI is InChI=1S/C31H35ClF3N3O5S/c1-4-6-17-36-30(40)27(5-2)37(20-22-11-10-12-24(18-22)43-3)29(39)21-38(44(41,42)25-13-8-7-9-14-25)28-19-23(31(33,34)35)15-16-26(28)32/h7-16,18-19,27H,4-6,17,20-21H2,1-3H3,(H,36,40). The van der Waals surface area contributed by atoms with Gasteiger partial charge >= 0.3 is 6.18 Å². The van der Waals surface area contributed by atoms with Crippen LogP contribution in [0.15, 0.2) is 77.7 Å². The summed E-state index contributed by atoms with van der Waals surface area (Å²) in [4.78, 5) is 28.4. The molecule has 44 heavy (non-hydrogen) atoms. The van der Waals surface area contributed by atoms with E-state index in [1.165, 1.54) is 36.3 Å². The Morgan fingerprint density at radius 3 is 2.32 bits per heavy atom. The fraction of sp³-hybridized carbons (Fsp3) is 0.355. The minimum atomic E-state index is -4.81. The van der Waals surface area contributed by atoms with Crippen LogP contribution in [0.5, 0.6) is 5.75 Å². The maximum atomic E-state index is 14.1. The molecule has 0 fully saturated rings. The van der Waals surface area contributed by atoms with E-state index in [9.17, 15) is 31.2 Å². The van der Waals surface area contributed by atoms with E-state index in [2.05, 4.69) is 5.32 Å². The second-order valence-electron chi connectivity index (χ2n) is 9.93. The lowest BCUT2D eigenvalue weighted by Crippen LogP contribution is -2.52. The van der Waals surface area contributed by atoms with E-state index >= 15 is 0 Å². The summed E-state index contributed by atoms with van der Waals surface area (Å²) >= 11 is 6.30. The van der Waals surface area contributed by atoms with Crippen molar-refractivity contribution in [1.29, 1.82) is 0 Å². The number of anilines is 1. The minimum Gasteiger partial charge on any atom is -0.497 e. The van der Waals surface area contributed by atoms with Gasteiger partial charge < -0.3 is 15.0 Å². The number of nitrogens with zero attached hydrogens (tertiary/aromatic N) is 2. The van der Waals surface area contributed by atoms with Gasteiger partial charge in [0.25, 0.3) is 10.0 Å². The van der Waals surface area contributed by atoms with Gasteiger partial charge in [0.05, 0.1) is 28.3 Å². The summed E-state index contributed by atoms with van der Waals surface area (Å²) in [5.74, 6) is -0.760. The maximum Gasteiger partial charge on any atom is 0.416 e. The molecule has 0 saturated heterocycles. The molecule has 0 aliphatic carbocycles. The Labute approximate surface area is 260 Å². The summed E-state index contributed by atoms with van der Waals surface area (Å²) in [5, 5.41) is 2.51. The molecule has 3 rings (SSSR count).